The van der Waals surface area contributed by atoms with Gasteiger partial charge in [-0.25, -0.2) is 8.78 Å². The number of anilines is 1. The van der Waals surface area contributed by atoms with E-state index in [0.29, 0.717) is 5.82 Å². The third kappa shape index (κ3) is 2.98. The number of amides is 1. The van der Waals surface area contributed by atoms with Gasteiger partial charge in [-0.05, 0) is 19.8 Å². The second kappa shape index (κ2) is 4.38. The molecule has 1 aromatic rings. The summed E-state index contributed by atoms with van der Waals surface area (Å²) in [5, 5.41) is 8.88. The molecule has 1 aromatic heterocycles. The second-order valence-electron chi connectivity index (χ2n) is 4.36. The Hall–Kier alpha value is -1.53. The lowest BCUT2D eigenvalue weighted by Crippen LogP contribution is -2.32. The van der Waals surface area contributed by atoms with Crippen LogP contribution in [0.3, 0.4) is 0 Å². The van der Waals surface area contributed by atoms with Gasteiger partial charge in [0.1, 0.15) is 5.82 Å². The zero-order chi connectivity index (χ0) is 12.5. The molecule has 1 heterocycles. The molecule has 94 valence electrons. The third-order valence-electron chi connectivity index (χ3n) is 2.92. The Balaban J connectivity index is 1.89. The number of carbonyl (C=O) groups excluding carboxylic acids is 1. The van der Waals surface area contributed by atoms with Crippen molar-refractivity contribution in [3.05, 3.63) is 5.82 Å². The molecule has 0 radical (unpaired) electrons. The Kier molecular flexibility index (Phi) is 3.08. The largest absolute Gasteiger partial charge is 0.293 e. The van der Waals surface area contributed by atoms with Gasteiger partial charge in [-0.15, -0.1) is 5.10 Å². The molecule has 1 aliphatic carbocycles. The van der Waals surface area contributed by atoms with E-state index in [-0.39, 0.29) is 43.5 Å². The molecule has 0 unspecified atom stereocenters. The summed E-state index contributed by atoms with van der Waals surface area (Å²) in [7, 11) is 0. The van der Waals surface area contributed by atoms with Crippen LogP contribution in [-0.4, -0.2) is 27.0 Å². The molecule has 1 amide bonds. The highest BCUT2D eigenvalue weighted by atomic mass is 19.3. The molecule has 1 saturated carbocycles. The molecule has 0 aromatic carbocycles. The predicted octanol–water partition coefficient (Wildman–Crippen LogP) is 1.88. The van der Waals surface area contributed by atoms with Crippen molar-refractivity contribution in [3.63, 3.8) is 0 Å². The van der Waals surface area contributed by atoms with Crippen LogP contribution in [0.2, 0.25) is 0 Å². The van der Waals surface area contributed by atoms with Crippen LogP contribution in [-0.2, 0) is 4.79 Å². The van der Waals surface area contributed by atoms with Crippen LogP contribution < -0.4 is 5.32 Å². The third-order valence-corrected chi connectivity index (χ3v) is 2.92. The number of aromatic amines is 1. The number of hydrogen-bond acceptors (Lipinski definition) is 3. The van der Waals surface area contributed by atoms with Crippen molar-refractivity contribution in [1.82, 2.24) is 15.2 Å². The van der Waals surface area contributed by atoms with Crippen molar-refractivity contribution in [2.45, 2.75) is 38.5 Å². The van der Waals surface area contributed by atoms with E-state index in [0.717, 1.165) is 0 Å². The zero-order valence-corrected chi connectivity index (χ0v) is 9.46. The van der Waals surface area contributed by atoms with E-state index in [4.69, 9.17) is 0 Å². The molecule has 0 spiro atoms. The average Bonchev–Trinajstić information content (AvgIpc) is 2.63. The van der Waals surface area contributed by atoms with E-state index >= 15 is 0 Å². The number of rotatable bonds is 2. The number of H-pyrrole nitrogens is 1. The summed E-state index contributed by atoms with van der Waals surface area (Å²) in [6.45, 7) is 1.71. The van der Waals surface area contributed by atoms with Gasteiger partial charge >= 0.3 is 0 Å². The van der Waals surface area contributed by atoms with Crippen LogP contribution in [0.1, 0.15) is 31.5 Å². The van der Waals surface area contributed by atoms with Crippen molar-refractivity contribution in [2.24, 2.45) is 5.92 Å². The molecule has 2 N–H and O–H groups in total. The Labute approximate surface area is 97.0 Å². The maximum Gasteiger partial charge on any atom is 0.248 e. The molecular weight excluding hydrogens is 230 g/mol. The normalized spacial score (nSPS) is 20.2. The number of carbonyl (C=O) groups is 1. The van der Waals surface area contributed by atoms with Crippen LogP contribution in [0, 0.1) is 12.8 Å². The SMILES string of the molecule is Cc1nc(NC(=O)C2CCC(F)(F)CC2)n[nH]1. The van der Waals surface area contributed by atoms with E-state index in [1.165, 1.54) is 0 Å². The number of alkyl halides is 2. The molecule has 2 rings (SSSR count). The fourth-order valence-electron chi connectivity index (χ4n) is 1.91. The molecule has 0 aliphatic heterocycles. The number of nitrogens with one attached hydrogen (secondary N) is 2. The van der Waals surface area contributed by atoms with Gasteiger partial charge in [0, 0.05) is 18.8 Å². The van der Waals surface area contributed by atoms with Crippen molar-refractivity contribution in [3.8, 4) is 0 Å². The highest BCUT2D eigenvalue weighted by Crippen LogP contribution is 2.36. The maximum absolute atomic E-state index is 12.9. The summed E-state index contributed by atoms with van der Waals surface area (Å²) in [6.07, 6.45) is -0.0271. The number of aryl methyl sites for hydroxylation is 1. The standard InChI is InChI=1S/C10H14F2N4O/c1-6-13-9(16-15-6)14-8(17)7-2-4-10(11,12)5-3-7/h7H,2-5H2,1H3,(H2,13,14,15,16,17). The van der Waals surface area contributed by atoms with Crippen molar-refractivity contribution < 1.29 is 13.6 Å². The highest BCUT2D eigenvalue weighted by molar-refractivity contribution is 5.90. The van der Waals surface area contributed by atoms with E-state index < -0.39 is 5.92 Å². The summed E-state index contributed by atoms with van der Waals surface area (Å²) in [6, 6.07) is 0. The Morgan fingerprint density at radius 3 is 2.65 bits per heavy atom. The first-order chi connectivity index (χ1) is 7.96. The van der Waals surface area contributed by atoms with E-state index in [1.54, 1.807) is 6.92 Å². The first-order valence-corrected chi connectivity index (χ1v) is 5.54. The van der Waals surface area contributed by atoms with E-state index in [2.05, 4.69) is 20.5 Å². The molecule has 1 aliphatic rings. The van der Waals surface area contributed by atoms with Crippen molar-refractivity contribution in [1.29, 1.82) is 0 Å². The lowest BCUT2D eigenvalue weighted by atomic mass is 9.86. The fraction of sp³-hybridized carbons (Fsp3) is 0.700. The fourth-order valence-corrected chi connectivity index (χ4v) is 1.91. The number of hydrogen-bond donors (Lipinski definition) is 2. The summed E-state index contributed by atoms with van der Waals surface area (Å²) in [5.74, 6) is -2.47. The van der Waals surface area contributed by atoms with Gasteiger partial charge in [-0.1, -0.05) is 0 Å². The Bertz CT molecular complexity index is 408. The van der Waals surface area contributed by atoms with Gasteiger partial charge in [0.25, 0.3) is 0 Å². The van der Waals surface area contributed by atoms with Crippen LogP contribution in [0.5, 0.6) is 0 Å². The lowest BCUT2D eigenvalue weighted by molar-refractivity contribution is -0.124. The summed E-state index contributed by atoms with van der Waals surface area (Å²) in [4.78, 5) is 15.7. The second-order valence-corrected chi connectivity index (χ2v) is 4.36. The number of nitrogens with zero attached hydrogens (tertiary/aromatic N) is 2. The summed E-state index contributed by atoms with van der Waals surface area (Å²) in [5.41, 5.74) is 0. The molecule has 7 heteroatoms. The summed E-state index contributed by atoms with van der Waals surface area (Å²) >= 11 is 0. The van der Waals surface area contributed by atoms with Gasteiger partial charge in [0.15, 0.2) is 0 Å². The molecule has 17 heavy (non-hydrogen) atoms. The molecule has 5 nitrogen and oxygen atoms in total. The quantitative estimate of drug-likeness (QED) is 0.834. The Morgan fingerprint density at radius 1 is 1.47 bits per heavy atom. The van der Waals surface area contributed by atoms with Gasteiger partial charge in [-0.3, -0.25) is 15.2 Å². The smallest absolute Gasteiger partial charge is 0.248 e. The van der Waals surface area contributed by atoms with E-state index in [1.807, 2.05) is 0 Å². The van der Waals surface area contributed by atoms with Gasteiger partial charge in [0.2, 0.25) is 17.8 Å². The Morgan fingerprint density at radius 2 is 2.12 bits per heavy atom. The minimum absolute atomic E-state index is 0.199. The average molecular weight is 244 g/mol. The number of halogens is 2. The molecule has 0 saturated heterocycles. The lowest BCUT2D eigenvalue weighted by Gasteiger charge is -2.26. The summed E-state index contributed by atoms with van der Waals surface area (Å²) < 4.78 is 25.8. The van der Waals surface area contributed by atoms with Crippen molar-refractivity contribution >= 4 is 11.9 Å². The van der Waals surface area contributed by atoms with Crippen LogP contribution in [0.25, 0.3) is 0 Å². The van der Waals surface area contributed by atoms with E-state index in [9.17, 15) is 13.6 Å². The zero-order valence-electron chi connectivity index (χ0n) is 9.46. The number of aromatic nitrogens is 3. The molecular formula is C10H14F2N4O. The van der Waals surface area contributed by atoms with Crippen LogP contribution >= 0.6 is 0 Å². The van der Waals surface area contributed by atoms with Crippen molar-refractivity contribution in [2.75, 3.05) is 5.32 Å². The van der Waals surface area contributed by atoms with Crippen LogP contribution in [0.4, 0.5) is 14.7 Å². The molecule has 1 fully saturated rings. The molecule has 0 atom stereocenters. The topological polar surface area (TPSA) is 70.7 Å². The first kappa shape index (κ1) is 11.9. The monoisotopic (exact) mass is 244 g/mol. The minimum atomic E-state index is -2.61. The minimum Gasteiger partial charge on any atom is -0.293 e. The van der Waals surface area contributed by atoms with Gasteiger partial charge < -0.3 is 0 Å². The first-order valence-electron chi connectivity index (χ1n) is 5.54. The highest BCUT2D eigenvalue weighted by Gasteiger charge is 2.37. The maximum atomic E-state index is 12.9. The van der Waals surface area contributed by atoms with Gasteiger partial charge in [-0.2, -0.15) is 4.98 Å². The van der Waals surface area contributed by atoms with Gasteiger partial charge in [0.05, 0.1) is 0 Å². The molecule has 0 bridgehead atoms. The predicted molar refractivity (Wildman–Crippen MR) is 56.7 cm³/mol. The van der Waals surface area contributed by atoms with Crippen LogP contribution in [0.15, 0.2) is 0 Å².